The maximum Gasteiger partial charge on any atom is 0.240 e. The minimum absolute atomic E-state index is 0.0914. The molecule has 5 nitrogen and oxygen atoms in total. The minimum Gasteiger partial charge on any atom is -0.355 e. The zero-order valence-corrected chi connectivity index (χ0v) is 10.8. The van der Waals surface area contributed by atoms with Crippen molar-refractivity contribution in [1.82, 2.24) is 10.2 Å². The number of carbonyl (C=O) groups excluding carboxylic acids is 3. The number of rotatable bonds is 3. The Kier molecular flexibility index (Phi) is 3.68. The number of hydrogen-bond donors (Lipinski definition) is 1. The highest BCUT2D eigenvalue weighted by molar-refractivity contribution is 6.01. The van der Waals surface area contributed by atoms with Crippen molar-refractivity contribution in [3.63, 3.8) is 0 Å². The summed E-state index contributed by atoms with van der Waals surface area (Å²) in [5.41, 5.74) is -0.0914. The predicted molar refractivity (Wildman–Crippen MR) is 65.5 cm³/mol. The Bertz CT molecular complexity index is 352. The molecule has 2 aliphatic rings. The summed E-state index contributed by atoms with van der Waals surface area (Å²) < 4.78 is 0. The molecular formula is C13H20N2O3. The number of carbonyl (C=O) groups is 3. The molecule has 1 saturated heterocycles. The van der Waals surface area contributed by atoms with Gasteiger partial charge in [0.25, 0.3) is 0 Å². The number of likely N-dealkylation sites (tertiary alicyclic amines) is 1. The zero-order chi connectivity index (χ0) is 13.2. The predicted octanol–water partition coefficient (Wildman–Crippen LogP) is 0.832. The van der Waals surface area contributed by atoms with Crippen LogP contribution in [-0.4, -0.2) is 35.7 Å². The highest BCUT2D eigenvalue weighted by atomic mass is 16.2. The number of nitrogens with one attached hydrogen (secondary N) is 1. The van der Waals surface area contributed by atoms with E-state index in [0.717, 1.165) is 30.6 Å². The van der Waals surface area contributed by atoms with Crippen molar-refractivity contribution in [3.05, 3.63) is 0 Å². The summed E-state index contributed by atoms with van der Waals surface area (Å²) in [7, 11) is 0. The van der Waals surface area contributed by atoms with Crippen LogP contribution in [0.2, 0.25) is 0 Å². The van der Waals surface area contributed by atoms with Crippen molar-refractivity contribution in [1.29, 1.82) is 0 Å². The van der Waals surface area contributed by atoms with Gasteiger partial charge in [0.2, 0.25) is 17.7 Å². The van der Waals surface area contributed by atoms with Crippen LogP contribution < -0.4 is 5.32 Å². The van der Waals surface area contributed by atoms with E-state index in [-0.39, 0.29) is 29.7 Å². The molecule has 1 aliphatic carbocycles. The van der Waals surface area contributed by atoms with Crippen LogP contribution in [0.4, 0.5) is 0 Å². The highest BCUT2D eigenvalue weighted by Crippen LogP contribution is 2.46. The zero-order valence-electron chi connectivity index (χ0n) is 10.8. The molecule has 0 aromatic heterocycles. The second-order valence-electron chi connectivity index (χ2n) is 5.39. The van der Waals surface area contributed by atoms with Gasteiger partial charge in [0, 0.05) is 19.4 Å². The van der Waals surface area contributed by atoms with E-state index in [9.17, 15) is 14.4 Å². The molecule has 1 heterocycles. The van der Waals surface area contributed by atoms with Crippen LogP contribution in [0.1, 0.15) is 45.4 Å². The lowest BCUT2D eigenvalue weighted by Crippen LogP contribution is -2.50. The smallest absolute Gasteiger partial charge is 0.240 e. The maximum absolute atomic E-state index is 12.0. The lowest BCUT2D eigenvalue weighted by Gasteiger charge is -2.36. The largest absolute Gasteiger partial charge is 0.355 e. The average molecular weight is 252 g/mol. The molecule has 1 N–H and O–H groups in total. The number of amides is 3. The van der Waals surface area contributed by atoms with Crippen LogP contribution in [0.15, 0.2) is 0 Å². The van der Waals surface area contributed by atoms with Crippen LogP contribution in [0.3, 0.4) is 0 Å². The Morgan fingerprint density at radius 3 is 2.28 bits per heavy atom. The molecule has 0 unspecified atom stereocenters. The van der Waals surface area contributed by atoms with E-state index >= 15 is 0 Å². The van der Waals surface area contributed by atoms with Gasteiger partial charge in [0.05, 0.1) is 0 Å². The topological polar surface area (TPSA) is 66.5 Å². The summed E-state index contributed by atoms with van der Waals surface area (Å²) >= 11 is 0. The molecule has 0 bridgehead atoms. The molecule has 2 rings (SSSR count). The molecule has 2 fully saturated rings. The van der Waals surface area contributed by atoms with Gasteiger partial charge in [-0.05, 0) is 25.2 Å². The number of nitrogens with zero attached hydrogens (tertiary/aromatic N) is 1. The molecule has 18 heavy (non-hydrogen) atoms. The van der Waals surface area contributed by atoms with E-state index in [1.165, 1.54) is 0 Å². The lowest BCUT2D eigenvalue weighted by atomic mass is 9.76. The molecule has 5 heteroatoms. The quantitative estimate of drug-likeness (QED) is 0.757. The van der Waals surface area contributed by atoms with Gasteiger partial charge in [-0.25, -0.2) is 0 Å². The Hall–Kier alpha value is -1.39. The average Bonchev–Trinajstić information content (AvgIpc) is 2.72. The number of likely N-dealkylation sites (N-methyl/N-ethyl adjacent to an activating group) is 1. The van der Waals surface area contributed by atoms with Gasteiger partial charge in [0.15, 0.2) is 0 Å². The second-order valence-corrected chi connectivity index (χ2v) is 5.39. The van der Waals surface area contributed by atoms with E-state index in [4.69, 9.17) is 0 Å². The third-order valence-corrected chi connectivity index (χ3v) is 3.99. The molecule has 0 radical (unpaired) electrons. The molecule has 0 aromatic carbocycles. The van der Waals surface area contributed by atoms with Crippen molar-refractivity contribution in [2.45, 2.75) is 45.4 Å². The first kappa shape index (κ1) is 13.1. The summed E-state index contributed by atoms with van der Waals surface area (Å²) in [5, 5.41) is 2.61. The standard InChI is InChI=1S/C13H20N2O3/c1-2-14-10(16)9-15-11(17)7-13(8-12(15)18)5-3-4-6-13/h2-9H2,1H3,(H,14,16). The summed E-state index contributed by atoms with van der Waals surface area (Å²) in [4.78, 5) is 36.6. The molecule has 0 aromatic rings. The Labute approximate surface area is 107 Å². The molecule has 3 amide bonds. The number of piperidine rings is 1. The van der Waals surface area contributed by atoms with Gasteiger partial charge < -0.3 is 5.32 Å². The molecule has 1 saturated carbocycles. The lowest BCUT2D eigenvalue weighted by molar-refractivity contribution is -0.155. The summed E-state index contributed by atoms with van der Waals surface area (Å²) in [6.07, 6.45) is 5.02. The highest BCUT2D eigenvalue weighted by Gasteiger charge is 2.45. The minimum atomic E-state index is -0.262. The fraction of sp³-hybridized carbons (Fsp3) is 0.769. The van der Waals surface area contributed by atoms with Crippen molar-refractivity contribution in [2.75, 3.05) is 13.1 Å². The van der Waals surface area contributed by atoms with Crippen LogP contribution in [0, 0.1) is 5.41 Å². The first-order valence-corrected chi connectivity index (χ1v) is 6.66. The Morgan fingerprint density at radius 1 is 1.22 bits per heavy atom. The van der Waals surface area contributed by atoms with Gasteiger partial charge in [-0.15, -0.1) is 0 Å². The molecule has 0 atom stereocenters. The SMILES string of the molecule is CCNC(=O)CN1C(=O)CC2(CCCC2)CC1=O. The van der Waals surface area contributed by atoms with Gasteiger partial charge in [-0.2, -0.15) is 0 Å². The van der Waals surface area contributed by atoms with E-state index < -0.39 is 0 Å². The van der Waals surface area contributed by atoms with Crippen LogP contribution in [0.25, 0.3) is 0 Å². The summed E-state index contributed by atoms with van der Waals surface area (Å²) in [5.74, 6) is -0.625. The van der Waals surface area contributed by atoms with Crippen molar-refractivity contribution >= 4 is 17.7 Å². The van der Waals surface area contributed by atoms with E-state index in [1.807, 2.05) is 6.92 Å². The fourth-order valence-corrected chi connectivity index (χ4v) is 3.09. The van der Waals surface area contributed by atoms with Gasteiger partial charge in [-0.3, -0.25) is 19.3 Å². The van der Waals surface area contributed by atoms with Crippen LogP contribution in [-0.2, 0) is 14.4 Å². The normalized spacial score (nSPS) is 22.6. The molecule has 100 valence electrons. The summed E-state index contributed by atoms with van der Waals surface area (Å²) in [6.45, 7) is 2.20. The van der Waals surface area contributed by atoms with Crippen LogP contribution >= 0.6 is 0 Å². The molecular weight excluding hydrogens is 232 g/mol. The first-order chi connectivity index (χ1) is 8.56. The van der Waals surface area contributed by atoms with Gasteiger partial charge in [0.1, 0.15) is 6.54 Å². The first-order valence-electron chi connectivity index (χ1n) is 6.66. The number of hydrogen-bond acceptors (Lipinski definition) is 3. The van der Waals surface area contributed by atoms with Crippen molar-refractivity contribution < 1.29 is 14.4 Å². The number of imide groups is 1. The van der Waals surface area contributed by atoms with Crippen molar-refractivity contribution in [2.24, 2.45) is 5.41 Å². The second kappa shape index (κ2) is 5.08. The van der Waals surface area contributed by atoms with Gasteiger partial charge >= 0.3 is 0 Å². The summed E-state index contributed by atoms with van der Waals surface area (Å²) in [6, 6.07) is 0. The van der Waals surface area contributed by atoms with E-state index in [1.54, 1.807) is 0 Å². The fourth-order valence-electron chi connectivity index (χ4n) is 3.09. The van der Waals surface area contributed by atoms with E-state index in [2.05, 4.69) is 5.32 Å². The molecule has 1 aliphatic heterocycles. The third-order valence-electron chi connectivity index (χ3n) is 3.99. The Morgan fingerprint density at radius 2 is 1.78 bits per heavy atom. The van der Waals surface area contributed by atoms with Gasteiger partial charge in [-0.1, -0.05) is 12.8 Å². The van der Waals surface area contributed by atoms with E-state index in [0.29, 0.717) is 19.4 Å². The molecule has 1 spiro atoms. The monoisotopic (exact) mass is 252 g/mol. The Balaban J connectivity index is 2.00. The van der Waals surface area contributed by atoms with Crippen LogP contribution in [0.5, 0.6) is 0 Å². The maximum atomic E-state index is 12.0. The third kappa shape index (κ3) is 2.54. The van der Waals surface area contributed by atoms with Crippen molar-refractivity contribution in [3.8, 4) is 0 Å².